The lowest BCUT2D eigenvalue weighted by Crippen LogP contribution is -2.06. The van der Waals surface area contributed by atoms with Crippen molar-refractivity contribution in [3.8, 4) is 0 Å². The maximum atomic E-state index is 13.4. The predicted octanol–water partition coefficient (Wildman–Crippen LogP) is 2.62. The lowest BCUT2D eigenvalue weighted by Gasteiger charge is -2.07. The molecule has 17 heavy (non-hydrogen) atoms. The molecule has 0 fully saturated rings. The van der Waals surface area contributed by atoms with Crippen molar-refractivity contribution in [2.24, 2.45) is 11.7 Å². The van der Waals surface area contributed by atoms with E-state index in [1.54, 1.807) is 6.07 Å². The smallest absolute Gasteiger partial charge is 0.151 e. The van der Waals surface area contributed by atoms with Crippen LogP contribution in [0.1, 0.15) is 25.6 Å². The average molecular weight is 235 g/mol. The summed E-state index contributed by atoms with van der Waals surface area (Å²) in [6.45, 7) is 2.89. The molecule has 1 atom stereocenters. The molecule has 1 aromatic heterocycles. The monoisotopic (exact) mass is 235 g/mol. The summed E-state index contributed by atoms with van der Waals surface area (Å²) in [6, 6.07) is 4.97. The van der Waals surface area contributed by atoms with E-state index in [0.29, 0.717) is 11.4 Å². The lowest BCUT2D eigenvalue weighted by atomic mass is 10.0. The molecule has 92 valence electrons. The first-order valence-corrected chi connectivity index (χ1v) is 6.04. The average Bonchev–Trinajstić information content (AvgIpc) is 2.71. The number of halogens is 1. The van der Waals surface area contributed by atoms with Gasteiger partial charge in [0.15, 0.2) is 5.82 Å². The Morgan fingerprint density at radius 3 is 2.94 bits per heavy atom. The van der Waals surface area contributed by atoms with Gasteiger partial charge in [-0.2, -0.15) is 0 Å². The van der Waals surface area contributed by atoms with Crippen LogP contribution in [-0.4, -0.2) is 16.5 Å². The molecule has 0 saturated carbocycles. The summed E-state index contributed by atoms with van der Waals surface area (Å²) < 4.78 is 13.4. The van der Waals surface area contributed by atoms with Gasteiger partial charge in [-0.25, -0.2) is 9.37 Å². The zero-order chi connectivity index (χ0) is 12.3. The van der Waals surface area contributed by atoms with Crippen LogP contribution in [-0.2, 0) is 6.42 Å². The van der Waals surface area contributed by atoms with Gasteiger partial charge in [0.2, 0.25) is 0 Å². The van der Waals surface area contributed by atoms with Crippen LogP contribution >= 0.6 is 0 Å². The van der Waals surface area contributed by atoms with Crippen molar-refractivity contribution in [3.05, 3.63) is 29.8 Å². The van der Waals surface area contributed by atoms with Crippen LogP contribution in [0.15, 0.2) is 18.2 Å². The number of H-pyrrole nitrogens is 1. The van der Waals surface area contributed by atoms with Gasteiger partial charge in [-0.3, -0.25) is 0 Å². The van der Waals surface area contributed by atoms with Crippen molar-refractivity contribution in [3.63, 3.8) is 0 Å². The standard InChI is InChI=1S/C13H18FN3/c1-9(7-8-15)5-6-12-16-11-4-2-3-10(14)13(11)17-12/h2-4,9H,5-8,15H2,1H3,(H,16,17). The van der Waals surface area contributed by atoms with Crippen molar-refractivity contribution in [2.45, 2.75) is 26.2 Å². The Kier molecular flexibility index (Phi) is 3.74. The Morgan fingerprint density at radius 1 is 1.41 bits per heavy atom. The first-order valence-electron chi connectivity index (χ1n) is 6.04. The number of hydrogen-bond acceptors (Lipinski definition) is 2. The molecule has 3 nitrogen and oxygen atoms in total. The summed E-state index contributed by atoms with van der Waals surface area (Å²) in [6.07, 6.45) is 2.89. The molecule has 4 heteroatoms. The number of para-hydroxylation sites is 1. The molecular weight excluding hydrogens is 217 g/mol. The zero-order valence-electron chi connectivity index (χ0n) is 10.0. The van der Waals surface area contributed by atoms with Gasteiger partial charge in [0.1, 0.15) is 11.3 Å². The lowest BCUT2D eigenvalue weighted by molar-refractivity contribution is 0.494. The van der Waals surface area contributed by atoms with E-state index in [1.807, 2.05) is 6.07 Å². The third-order valence-corrected chi connectivity index (χ3v) is 3.05. The second-order valence-corrected chi connectivity index (χ2v) is 4.54. The second-order valence-electron chi connectivity index (χ2n) is 4.54. The van der Waals surface area contributed by atoms with E-state index >= 15 is 0 Å². The summed E-state index contributed by atoms with van der Waals surface area (Å²) in [7, 11) is 0. The molecule has 1 heterocycles. The van der Waals surface area contributed by atoms with Crippen LogP contribution in [0.25, 0.3) is 11.0 Å². The van der Waals surface area contributed by atoms with Crippen molar-refractivity contribution < 1.29 is 4.39 Å². The van der Waals surface area contributed by atoms with Crippen LogP contribution < -0.4 is 5.73 Å². The third kappa shape index (κ3) is 2.82. The first kappa shape index (κ1) is 12.0. The summed E-state index contributed by atoms with van der Waals surface area (Å²) in [5.41, 5.74) is 6.72. The number of aromatic amines is 1. The molecule has 0 saturated heterocycles. The number of nitrogens with one attached hydrogen (secondary N) is 1. The van der Waals surface area contributed by atoms with Crippen LogP contribution in [0.2, 0.25) is 0 Å². The quantitative estimate of drug-likeness (QED) is 0.837. The Bertz CT molecular complexity index is 492. The number of benzene rings is 1. The Hall–Kier alpha value is -1.42. The number of nitrogens with zero attached hydrogens (tertiary/aromatic N) is 1. The minimum Gasteiger partial charge on any atom is -0.342 e. The van der Waals surface area contributed by atoms with Crippen molar-refractivity contribution in [1.29, 1.82) is 0 Å². The van der Waals surface area contributed by atoms with E-state index in [-0.39, 0.29) is 5.82 Å². The minimum atomic E-state index is -0.264. The summed E-state index contributed by atoms with van der Waals surface area (Å²) in [5, 5.41) is 0. The predicted molar refractivity (Wildman–Crippen MR) is 67.2 cm³/mol. The van der Waals surface area contributed by atoms with Crippen LogP contribution in [0.3, 0.4) is 0 Å². The highest BCUT2D eigenvalue weighted by Gasteiger charge is 2.08. The third-order valence-electron chi connectivity index (χ3n) is 3.05. The molecule has 1 aromatic carbocycles. The second kappa shape index (κ2) is 5.27. The number of fused-ring (bicyclic) bond motifs is 1. The molecule has 2 aromatic rings. The first-order chi connectivity index (χ1) is 8.20. The molecule has 0 bridgehead atoms. The zero-order valence-corrected chi connectivity index (χ0v) is 10.0. The Balaban J connectivity index is 2.07. The van der Waals surface area contributed by atoms with E-state index in [1.165, 1.54) is 6.07 Å². The maximum Gasteiger partial charge on any atom is 0.151 e. The van der Waals surface area contributed by atoms with Gasteiger partial charge < -0.3 is 10.7 Å². The van der Waals surface area contributed by atoms with Gasteiger partial charge in [-0.05, 0) is 37.4 Å². The summed E-state index contributed by atoms with van der Waals surface area (Å²) in [5.74, 6) is 1.17. The fourth-order valence-electron chi connectivity index (χ4n) is 1.98. The van der Waals surface area contributed by atoms with Crippen molar-refractivity contribution in [1.82, 2.24) is 9.97 Å². The number of aromatic nitrogens is 2. The Morgan fingerprint density at radius 2 is 2.24 bits per heavy atom. The molecule has 3 N–H and O–H groups in total. The van der Waals surface area contributed by atoms with Crippen LogP contribution in [0.4, 0.5) is 4.39 Å². The Labute approximate surface area is 100 Å². The number of imidazole rings is 1. The summed E-state index contributed by atoms with van der Waals surface area (Å²) in [4.78, 5) is 7.43. The van der Waals surface area contributed by atoms with E-state index in [9.17, 15) is 4.39 Å². The number of rotatable bonds is 5. The SMILES string of the molecule is CC(CCN)CCc1nc2c(F)cccc2[nH]1. The molecule has 1 unspecified atom stereocenters. The van der Waals surface area contributed by atoms with Crippen molar-refractivity contribution in [2.75, 3.05) is 6.54 Å². The molecule has 0 aliphatic carbocycles. The highest BCUT2D eigenvalue weighted by atomic mass is 19.1. The maximum absolute atomic E-state index is 13.4. The number of hydrogen-bond donors (Lipinski definition) is 2. The molecule has 0 aliphatic rings. The highest BCUT2D eigenvalue weighted by molar-refractivity contribution is 5.75. The molecule has 0 amide bonds. The molecule has 2 rings (SSSR count). The minimum absolute atomic E-state index is 0.264. The van der Waals surface area contributed by atoms with Crippen LogP contribution in [0.5, 0.6) is 0 Å². The van der Waals surface area contributed by atoms with Gasteiger partial charge in [0.05, 0.1) is 5.52 Å². The topological polar surface area (TPSA) is 54.7 Å². The van der Waals surface area contributed by atoms with Gasteiger partial charge >= 0.3 is 0 Å². The normalized spacial score (nSPS) is 13.1. The molecular formula is C13H18FN3. The fourth-order valence-corrected chi connectivity index (χ4v) is 1.98. The van der Waals surface area contributed by atoms with Gasteiger partial charge in [0.25, 0.3) is 0 Å². The fraction of sp³-hybridized carbons (Fsp3) is 0.462. The molecule has 0 radical (unpaired) electrons. The van der Waals surface area contributed by atoms with Crippen LogP contribution in [0, 0.1) is 11.7 Å². The van der Waals surface area contributed by atoms with Gasteiger partial charge in [-0.1, -0.05) is 13.0 Å². The van der Waals surface area contributed by atoms with E-state index < -0.39 is 0 Å². The molecule has 0 spiro atoms. The van der Waals surface area contributed by atoms with E-state index in [0.717, 1.165) is 37.1 Å². The highest BCUT2D eigenvalue weighted by Crippen LogP contribution is 2.17. The van der Waals surface area contributed by atoms with E-state index in [4.69, 9.17) is 5.73 Å². The number of nitrogens with two attached hydrogens (primary N) is 1. The number of aryl methyl sites for hydroxylation is 1. The largest absolute Gasteiger partial charge is 0.342 e. The van der Waals surface area contributed by atoms with Gasteiger partial charge in [-0.15, -0.1) is 0 Å². The van der Waals surface area contributed by atoms with Gasteiger partial charge in [0, 0.05) is 6.42 Å². The molecule has 0 aliphatic heterocycles. The van der Waals surface area contributed by atoms with E-state index in [2.05, 4.69) is 16.9 Å². The van der Waals surface area contributed by atoms with Crippen molar-refractivity contribution >= 4 is 11.0 Å². The summed E-state index contributed by atoms with van der Waals surface area (Å²) >= 11 is 0.